The average molecular weight is 380 g/mol. The number of hydrogen-bond acceptors (Lipinski definition) is 2. The first-order valence-electron chi connectivity index (χ1n) is 7.08. The number of nitrogens with zero attached hydrogens (tertiary/aromatic N) is 1. The van der Waals surface area contributed by atoms with Crippen molar-refractivity contribution in [1.29, 1.82) is 0 Å². The van der Waals surface area contributed by atoms with E-state index in [0.29, 0.717) is 6.04 Å². The second kappa shape index (κ2) is 7.74. The molecule has 1 aromatic carbocycles. The lowest BCUT2D eigenvalue weighted by Gasteiger charge is -2.19. The normalized spacial score (nSPS) is 12.3. The lowest BCUT2D eigenvalue weighted by Crippen LogP contribution is -2.24. The van der Waals surface area contributed by atoms with Crippen molar-refractivity contribution in [1.82, 2.24) is 10.3 Å². The van der Waals surface area contributed by atoms with Crippen molar-refractivity contribution in [2.45, 2.75) is 32.7 Å². The first-order valence-corrected chi connectivity index (χ1v) is 8.16. The Bertz CT molecular complexity index is 537. The number of nitrogens with one attached hydrogen (secondary N) is 1. The van der Waals surface area contributed by atoms with Crippen LogP contribution >= 0.6 is 22.6 Å². The summed E-state index contributed by atoms with van der Waals surface area (Å²) in [5, 5.41) is 3.63. The topological polar surface area (TPSA) is 24.9 Å². The van der Waals surface area contributed by atoms with Crippen LogP contribution in [-0.4, -0.2) is 11.5 Å². The van der Waals surface area contributed by atoms with E-state index in [1.807, 2.05) is 12.4 Å². The van der Waals surface area contributed by atoms with Crippen LogP contribution in [0.25, 0.3) is 0 Å². The van der Waals surface area contributed by atoms with Crippen LogP contribution in [-0.2, 0) is 6.42 Å². The number of hydrogen-bond donors (Lipinski definition) is 1. The summed E-state index contributed by atoms with van der Waals surface area (Å²) in [6, 6.07) is 11.3. The molecule has 20 heavy (non-hydrogen) atoms. The number of aromatic nitrogens is 1. The van der Waals surface area contributed by atoms with Crippen LogP contribution in [0.3, 0.4) is 0 Å². The Hall–Kier alpha value is -0.940. The monoisotopic (exact) mass is 380 g/mol. The second-order valence-electron chi connectivity index (χ2n) is 5.13. The Morgan fingerprint density at radius 3 is 2.60 bits per heavy atom. The Labute approximate surface area is 135 Å². The maximum absolute atomic E-state index is 4.33. The summed E-state index contributed by atoms with van der Waals surface area (Å²) < 4.78 is 1.28. The van der Waals surface area contributed by atoms with Crippen LogP contribution in [0.2, 0.25) is 0 Å². The van der Waals surface area contributed by atoms with Crippen LogP contribution in [0.4, 0.5) is 0 Å². The number of aryl methyl sites for hydroxylation is 1. The Balaban J connectivity index is 2.16. The molecule has 0 amide bonds. The molecular weight excluding hydrogens is 359 g/mol. The summed E-state index contributed by atoms with van der Waals surface area (Å²) in [5.74, 6) is 0. The maximum atomic E-state index is 4.33. The molecule has 0 aliphatic carbocycles. The lowest BCUT2D eigenvalue weighted by atomic mass is 9.99. The first kappa shape index (κ1) is 15.4. The van der Waals surface area contributed by atoms with Crippen molar-refractivity contribution < 1.29 is 0 Å². The van der Waals surface area contributed by atoms with Crippen LogP contribution in [0, 0.1) is 10.5 Å². The minimum Gasteiger partial charge on any atom is -0.310 e. The fourth-order valence-electron chi connectivity index (χ4n) is 2.25. The Morgan fingerprint density at radius 2 is 1.95 bits per heavy atom. The van der Waals surface area contributed by atoms with E-state index in [1.165, 1.54) is 20.3 Å². The van der Waals surface area contributed by atoms with E-state index in [-0.39, 0.29) is 0 Å². The SMILES string of the molecule is CCCNC(Cc1ccc(I)cc1)c1cncc(C)c1. The molecule has 2 rings (SSSR count). The van der Waals surface area contributed by atoms with Gasteiger partial charge in [0.1, 0.15) is 0 Å². The summed E-state index contributed by atoms with van der Waals surface area (Å²) in [4.78, 5) is 4.33. The van der Waals surface area contributed by atoms with Gasteiger partial charge in [0.2, 0.25) is 0 Å². The summed E-state index contributed by atoms with van der Waals surface area (Å²) in [7, 11) is 0. The Morgan fingerprint density at radius 1 is 1.20 bits per heavy atom. The summed E-state index contributed by atoms with van der Waals surface area (Å²) in [6.07, 6.45) is 6.03. The number of halogens is 1. The highest BCUT2D eigenvalue weighted by Crippen LogP contribution is 2.19. The molecule has 0 radical (unpaired) electrons. The zero-order valence-electron chi connectivity index (χ0n) is 12.1. The fraction of sp³-hybridized carbons (Fsp3) is 0.353. The molecule has 0 aliphatic rings. The molecule has 2 nitrogen and oxygen atoms in total. The van der Waals surface area contributed by atoms with Gasteiger partial charge in [-0.25, -0.2) is 0 Å². The molecule has 1 heterocycles. The van der Waals surface area contributed by atoms with Gasteiger partial charge in [0.05, 0.1) is 0 Å². The summed E-state index contributed by atoms with van der Waals surface area (Å²) in [6.45, 7) is 5.32. The van der Waals surface area contributed by atoms with Crippen LogP contribution in [0.5, 0.6) is 0 Å². The smallest absolute Gasteiger partial charge is 0.0376 e. The van der Waals surface area contributed by atoms with Crippen molar-refractivity contribution in [3.63, 3.8) is 0 Å². The van der Waals surface area contributed by atoms with E-state index in [4.69, 9.17) is 0 Å². The van der Waals surface area contributed by atoms with Gasteiger partial charge in [-0.2, -0.15) is 0 Å². The lowest BCUT2D eigenvalue weighted by molar-refractivity contribution is 0.527. The van der Waals surface area contributed by atoms with Gasteiger partial charge in [0.25, 0.3) is 0 Å². The van der Waals surface area contributed by atoms with Crippen molar-refractivity contribution in [2.24, 2.45) is 0 Å². The molecular formula is C17H21IN2. The van der Waals surface area contributed by atoms with Gasteiger partial charge in [0.15, 0.2) is 0 Å². The predicted molar refractivity (Wildman–Crippen MR) is 92.9 cm³/mol. The van der Waals surface area contributed by atoms with Crippen LogP contribution in [0.15, 0.2) is 42.7 Å². The second-order valence-corrected chi connectivity index (χ2v) is 6.38. The third-order valence-corrected chi connectivity index (χ3v) is 4.01. The van der Waals surface area contributed by atoms with Crippen molar-refractivity contribution in [3.05, 3.63) is 63.0 Å². The van der Waals surface area contributed by atoms with Gasteiger partial charge >= 0.3 is 0 Å². The standard InChI is InChI=1S/C17H21IN2/c1-3-8-20-17(15-9-13(2)11-19-12-15)10-14-4-6-16(18)7-5-14/h4-7,9,11-12,17,20H,3,8,10H2,1-2H3. The number of benzene rings is 1. The number of pyridine rings is 1. The highest BCUT2D eigenvalue weighted by atomic mass is 127. The molecule has 106 valence electrons. The van der Waals surface area contributed by atoms with Gasteiger partial charge in [0, 0.05) is 22.0 Å². The van der Waals surface area contributed by atoms with Gasteiger partial charge < -0.3 is 5.32 Å². The molecule has 0 aliphatic heterocycles. The van der Waals surface area contributed by atoms with Crippen molar-refractivity contribution >= 4 is 22.6 Å². The molecule has 0 saturated carbocycles. The zero-order valence-corrected chi connectivity index (χ0v) is 14.2. The highest BCUT2D eigenvalue weighted by molar-refractivity contribution is 14.1. The van der Waals surface area contributed by atoms with Gasteiger partial charge in [-0.15, -0.1) is 0 Å². The van der Waals surface area contributed by atoms with E-state index in [1.54, 1.807) is 0 Å². The molecule has 0 bridgehead atoms. The van der Waals surface area contributed by atoms with Gasteiger partial charge in [-0.1, -0.05) is 25.1 Å². The molecule has 0 saturated heterocycles. The minimum absolute atomic E-state index is 0.336. The average Bonchev–Trinajstić information content (AvgIpc) is 2.45. The molecule has 0 fully saturated rings. The molecule has 1 atom stereocenters. The van der Waals surface area contributed by atoms with Crippen molar-refractivity contribution in [2.75, 3.05) is 6.54 Å². The molecule has 2 aromatic rings. The van der Waals surface area contributed by atoms with E-state index in [2.05, 4.69) is 77.1 Å². The first-order chi connectivity index (χ1) is 9.69. The Kier molecular flexibility index (Phi) is 5.98. The third kappa shape index (κ3) is 4.56. The maximum Gasteiger partial charge on any atom is 0.0376 e. The quantitative estimate of drug-likeness (QED) is 0.757. The van der Waals surface area contributed by atoms with E-state index in [0.717, 1.165) is 19.4 Å². The molecule has 1 N–H and O–H groups in total. The van der Waals surface area contributed by atoms with E-state index in [9.17, 15) is 0 Å². The minimum atomic E-state index is 0.336. The molecule has 3 heteroatoms. The largest absolute Gasteiger partial charge is 0.310 e. The van der Waals surface area contributed by atoms with E-state index < -0.39 is 0 Å². The fourth-order valence-corrected chi connectivity index (χ4v) is 2.61. The van der Waals surface area contributed by atoms with Gasteiger partial charge in [-0.3, -0.25) is 4.98 Å². The van der Waals surface area contributed by atoms with Crippen LogP contribution in [0.1, 0.15) is 36.1 Å². The number of rotatable bonds is 6. The van der Waals surface area contributed by atoms with E-state index >= 15 is 0 Å². The van der Waals surface area contributed by atoms with Crippen molar-refractivity contribution in [3.8, 4) is 0 Å². The highest BCUT2D eigenvalue weighted by Gasteiger charge is 2.12. The summed E-state index contributed by atoms with van der Waals surface area (Å²) >= 11 is 2.34. The summed E-state index contributed by atoms with van der Waals surface area (Å²) in [5.41, 5.74) is 3.85. The van der Waals surface area contributed by atoms with Gasteiger partial charge in [-0.05, 0) is 77.7 Å². The molecule has 1 unspecified atom stereocenters. The zero-order chi connectivity index (χ0) is 14.4. The third-order valence-electron chi connectivity index (χ3n) is 3.29. The predicted octanol–water partition coefficient (Wildman–Crippen LogP) is 4.28. The molecule has 0 spiro atoms. The van der Waals surface area contributed by atoms with Crippen LogP contribution < -0.4 is 5.32 Å². The molecule has 1 aromatic heterocycles.